The number of hydrogen-bond donors (Lipinski definition) is 2. The summed E-state index contributed by atoms with van der Waals surface area (Å²) in [6.45, 7) is 13.6. The maximum atomic E-state index is 11.4. The standard InChI is InChI=1S/C23H30N2O2Si/c1-14-19-15(2)23(3,4)20(16-9-7-8-10-16)17(19)11-18(24-12-26)21(25-13-27)22(14)28(5)6/h7-9,11-14,20H,10H2,1-6H3,(H,24,26)(H,25,27). The Morgan fingerprint density at radius 1 is 1.18 bits per heavy atom. The Hall–Kier alpha value is -2.27. The molecule has 2 atom stereocenters. The highest BCUT2D eigenvalue weighted by molar-refractivity contribution is 6.72. The van der Waals surface area contributed by atoms with Crippen molar-refractivity contribution >= 4 is 26.4 Å². The first-order valence-corrected chi connectivity index (χ1v) is 12.4. The van der Waals surface area contributed by atoms with Gasteiger partial charge in [-0.05, 0) is 41.2 Å². The van der Waals surface area contributed by atoms with Crippen LogP contribution in [-0.2, 0) is 9.59 Å². The number of carbonyl (C=O) groups is 2. The van der Waals surface area contributed by atoms with Crippen molar-refractivity contribution in [1.29, 1.82) is 0 Å². The zero-order chi connectivity index (χ0) is 20.6. The van der Waals surface area contributed by atoms with Crippen molar-refractivity contribution in [2.24, 2.45) is 17.3 Å². The number of allylic oxidation sites excluding steroid dienone is 9. The Balaban J connectivity index is 2.32. The van der Waals surface area contributed by atoms with E-state index in [0.717, 1.165) is 12.1 Å². The predicted octanol–water partition coefficient (Wildman–Crippen LogP) is 3.63. The molecule has 0 saturated carbocycles. The summed E-state index contributed by atoms with van der Waals surface area (Å²) in [5.41, 5.74) is 6.94. The topological polar surface area (TPSA) is 58.2 Å². The Labute approximate surface area is 169 Å². The van der Waals surface area contributed by atoms with Crippen LogP contribution in [0.3, 0.4) is 0 Å². The normalized spacial score (nSPS) is 25.9. The summed E-state index contributed by atoms with van der Waals surface area (Å²) in [6, 6.07) is 0. The van der Waals surface area contributed by atoms with Crippen LogP contribution in [0.1, 0.15) is 34.1 Å². The Bertz CT molecular complexity index is 909. The molecule has 3 aliphatic carbocycles. The van der Waals surface area contributed by atoms with E-state index in [2.05, 4.69) is 75.7 Å². The van der Waals surface area contributed by atoms with Crippen LogP contribution in [0.5, 0.6) is 0 Å². The van der Waals surface area contributed by atoms with E-state index in [1.807, 2.05) is 0 Å². The summed E-state index contributed by atoms with van der Waals surface area (Å²) in [4.78, 5) is 22.8. The molecule has 2 amide bonds. The lowest BCUT2D eigenvalue weighted by molar-refractivity contribution is -0.110. The van der Waals surface area contributed by atoms with E-state index in [9.17, 15) is 9.59 Å². The monoisotopic (exact) mass is 394 g/mol. The molecule has 0 bridgehead atoms. The van der Waals surface area contributed by atoms with Gasteiger partial charge in [-0.1, -0.05) is 63.2 Å². The molecule has 0 aromatic carbocycles. The quantitative estimate of drug-likeness (QED) is 0.553. The van der Waals surface area contributed by atoms with Gasteiger partial charge in [0.25, 0.3) is 0 Å². The van der Waals surface area contributed by atoms with Crippen molar-refractivity contribution < 1.29 is 9.59 Å². The van der Waals surface area contributed by atoms with Gasteiger partial charge in [0, 0.05) is 20.2 Å². The van der Waals surface area contributed by atoms with Gasteiger partial charge in [-0.3, -0.25) is 9.59 Å². The van der Waals surface area contributed by atoms with Crippen molar-refractivity contribution in [3.8, 4) is 0 Å². The fraction of sp³-hybridized carbons (Fsp3) is 0.435. The molecule has 2 unspecified atom stereocenters. The minimum atomic E-state index is -0.874. The number of rotatable bonds is 5. The van der Waals surface area contributed by atoms with Gasteiger partial charge >= 0.3 is 0 Å². The molecule has 0 aromatic heterocycles. The van der Waals surface area contributed by atoms with Crippen LogP contribution in [0.4, 0.5) is 0 Å². The summed E-state index contributed by atoms with van der Waals surface area (Å²) < 4.78 is 0. The first-order valence-electron chi connectivity index (χ1n) is 9.86. The maximum absolute atomic E-state index is 11.4. The van der Waals surface area contributed by atoms with E-state index in [1.54, 1.807) is 0 Å². The highest BCUT2D eigenvalue weighted by atomic mass is 28.2. The molecular weight excluding hydrogens is 364 g/mol. The SMILES string of the molecule is CC1=C2C(=CC(NC=O)=C(NC=O)C(=[Si](C)C)C2C)C(C2=CC=CC2)C1(C)C. The minimum absolute atomic E-state index is 0.00859. The summed E-state index contributed by atoms with van der Waals surface area (Å²) in [7, 11) is -0.874. The average molecular weight is 395 g/mol. The van der Waals surface area contributed by atoms with Gasteiger partial charge in [0.05, 0.1) is 11.4 Å². The van der Waals surface area contributed by atoms with E-state index in [0.29, 0.717) is 18.5 Å². The molecule has 0 spiro atoms. The Morgan fingerprint density at radius 2 is 1.86 bits per heavy atom. The van der Waals surface area contributed by atoms with E-state index in [4.69, 9.17) is 0 Å². The van der Waals surface area contributed by atoms with Gasteiger partial charge in [0.1, 0.15) is 0 Å². The summed E-state index contributed by atoms with van der Waals surface area (Å²) in [6.07, 6.45) is 11.1. The van der Waals surface area contributed by atoms with Crippen LogP contribution >= 0.6 is 0 Å². The zero-order valence-corrected chi connectivity index (χ0v) is 18.6. The number of amides is 2. The third-order valence-electron chi connectivity index (χ3n) is 6.55. The third kappa shape index (κ3) is 3.11. The van der Waals surface area contributed by atoms with Gasteiger partial charge in [-0.15, -0.1) is 0 Å². The number of hydrogen-bond acceptors (Lipinski definition) is 2. The van der Waals surface area contributed by atoms with Gasteiger partial charge in [0.2, 0.25) is 12.8 Å². The van der Waals surface area contributed by atoms with Crippen molar-refractivity contribution in [2.75, 3.05) is 0 Å². The molecule has 0 saturated heterocycles. The average Bonchev–Trinajstić information content (AvgIpc) is 3.16. The predicted molar refractivity (Wildman–Crippen MR) is 117 cm³/mol. The minimum Gasteiger partial charge on any atom is -0.327 e. The van der Waals surface area contributed by atoms with Crippen molar-refractivity contribution in [1.82, 2.24) is 10.6 Å². The number of nitrogens with one attached hydrogen (secondary N) is 2. The fourth-order valence-electron chi connectivity index (χ4n) is 5.21. The van der Waals surface area contributed by atoms with E-state index < -0.39 is 8.41 Å². The largest absolute Gasteiger partial charge is 0.327 e. The van der Waals surface area contributed by atoms with E-state index in [1.165, 1.54) is 27.5 Å². The summed E-state index contributed by atoms with van der Waals surface area (Å²) in [5.74, 6) is 0.465. The van der Waals surface area contributed by atoms with Gasteiger partial charge in [0.15, 0.2) is 0 Å². The van der Waals surface area contributed by atoms with Crippen LogP contribution in [0.2, 0.25) is 13.1 Å². The second kappa shape index (κ2) is 7.63. The number of carbonyl (C=O) groups excluding carboxylic acids is 2. The molecular formula is C23H30N2O2Si. The Kier molecular flexibility index (Phi) is 5.57. The molecule has 28 heavy (non-hydrogen) atoms. The molecule has 148 valence electrons. The molecule has 3 aliphatic rings. The molecule has 2 N–H and O–H groups in total. The lowest BCUT2D eigenvalue weighted by Crippen LogP contribution is -2.32. The Morgan fingerprint density at radius 3 is 2.39 bits per heavy atom. The van der Waals surface area contributed by atoms with E-state index in [-0.39, 0.29) is 17.3 Å². The number of fused-ring (bicyclic) bond motifs is 1. The van der Waals surface area contributed by atoms with Crippen molar-refractivity contribution in [3.63, 3.8) is 0 Å². The molecule has 0 heterocycles. The third-order valence-corrected chi connectivity index (χ3v) is 8.31. The lowest BCUT2D eigenvalue weighted by atomic mass is 9.72. The lowest BCUT2D eigenvalue weighted by Gasteiger charge is -2.31. The molecule has 0 fully saturated rings. The van der Waals surface area contributed by atoms with Crippen molar-refractivity contribution in [3.05, 3.63) is 58.0 Å². The smallest absolute Gasteiger partial charge is 0.211 e. The summed E-state index contributed by atoms with van der Waals surface area (Å²) >= 11 is 0. The molecule has 4 nitrogen and oxygen atoms in total. The highest BCUT2D eigenvalue weighted by Gasteiger charge is 2.47. The first-order chi connectivity index (χ1) is 13.3. The second-order valence-corrected chi connectivity index (χ2v) is 11.2. The van der Waals surface area contributed by atoms with Crippen LogP contribution in [0.25, 0.3) is 0 Å². The molecule has 3 rings (SSSR count). The molecule has 0 radical (unpaired) electrons. The highest BCUT2D eigenvalue weighted by Crippen LogP contribution is 2.57. The van der Waals surface area contributed by atoms with Crippen molar-refractivity contribution in [2.45, 2.75) is 47.2 Å². The fourth-order valence-corrected chi connectivity index (χ4v) is 6.93. The van der Waals surface area contributed by atoms with Crippen LogP contribution in [-0.4, -0.2) is 26.4 Å². The molecule has 0 aromatic rings. The molecule has 0 aliphatic heterocycles. The van der Waals surface area contributed by atoms with Crippen LogP contribution < -0.4 is 10.6 Å². The van der Waals surface area contributed by atoms with Gasteiger partial charge < -0.3 is 10.6 Å². The first kappa shape index (κ1) is 20.5. The van der Waals surface area contributed by atoms with Crippen LogP contribution in [0, 0.1) is 17.3 Å². The molecule has 5 heteroatoms. The van der Waals surface area contributed by atoms with E-state index >= 15 is 0 Å². The summed E-state index contributed by atoms with van der Waals surface area (Å²) in [5, 5.41) is 7.02. The van der Waals surface area contributed by atoms with Crippen LogP contribution in [0.15, 0.2) is 58.0 Å². The van der Waals surface area contributed by atoms with Gasteiger partial charge in [-0.2, -0.15) is 0 Å². The zero-order valence-electron chi connectivity index (χ0n) is 17.6. The maximum Gasteiger partial charge on any atom is 0.211 e. The van der Waals surface area contributed by atoms with Gasteiger partial charge in [-0.25, -0.2) is 0 Å². The second-order valence-electron chi connectivity index (χ2n) is 8.62.